The quantitative estimate of drug-likeness (QED) is 0.852. The zero-order chi connectivity index (χ0) is 15.4. The summed E-state index contributed by atoms with van der Waals surface area (Å²) in [4.78, 5) is 11.7. The van der Waals surface area contributed by atoms with Gasteiger partial charge >= 0.3 is 0 Å². The van der Waals surface area contributed by atoms with Crippen molar-refractivity contribution in [3.8, 4) is 5.75 Å². The fourth-order valence-corrected chi connectivity index (χ4v) is 1.75. The van der Waals surface area contributed by atoms with Gasteiger partial charge < -0.3 is 15.8 Å². The van der Waals surface area contributed by atoms with E-state index < -0.39 is 24.1 Å². The smallest absolute Gasteiger partial charge is 0.262 e. The van der Waals surface area contributed by atoms with Gasteiger partial charge in [0, 0.05) is 11.1 Å². The Bertz CT molecular complexity index is 680. The molecule has 0 unspecified atom stereocenters. The molecule has 0 spiro atoms. The molecule has 0 aromatic heterocycles. The Morgan fingerprint density at radius 2 is 2.00 bits per heavy atom. The first kappa shape index (κ1) is 15.1. The Hall–Kier alpha value is -2.34. The number of carbonyl (C=O) groups excluding carboxylic acids is 1. The van der Waals surface area contributed by atoms with Crippen LogP contribution in [0.25, 0.3) is 0 Å². The van der Waals surface area contributed by atoms with Gasteiger partial charge in [0.15, 0.2) is 18.2 Å². The van der Waals surface area contributed by atoms with Gasteiger partial charge in [-0.25, -0.2) is 8.78 Å². The monoisotopic (exact) mass is 312 g/mol. The molecule has 2 aromatic rings. The molecule has 0 radical (unpaired) electrons. The molecule has 0 saturated carbocycles. The number of benzene rings is 2. The van der Waals surface area contributed by atoms with E-state index in [0.29, 0.717) is 10.7 Å². The molecule has 0 bridgehead atoms. The van der Waals surface area contributed by atoms with Gasteiger partial charge in [-0.2, -0.15) is 0 Å². The Labute approximate surface area is 124 Å². The number of hydrogen-bond donors (Lipinski definition) is 2. The van der Waals surface area contributed by atoms with E-state index in [4.69, 9.17) is 22.1 Å². The number of carbonyl (C=O) groups is 1. The van der Waals surface area contributed by atoms with E-state index in [0.717, 1.165) is 18.2 Å². The minimum Gasteiger partial charge on any atom is -0.481 e. The van der Waals surface area contributed by atoms with E-state index in [-0.39, 0.29) is 11.4 Å². The zero-order valence-electron chi connectivity index (χ0n) is 10.7. The molecule has 110 valence electrons. The van der Waals surface area contributed by atoms with Crippen LogP contribution in [-0.4, -0.2) is 12.5 Å². The third-order valence-electron chi connectivity index (χ3n) is 2.54. The largest absolute Gasteiger partial charge is 0.481 e. The van der Waals surface area contributed by atoms with E-state index in [2.05, 4.69) is 5.32 Å². The minimum absolute atomic E-state index is 0.285. The van der Waals surface area contributed by atoms with Crippen molar-refractivity contribution in [1.82, 2.24) is 0 Å². The summed E-state index contributed by atoms with van der Waals surface area (Å²) in [6.45, 7) is -0.484. The zero-order valence-corrected chi connectivity index (χ0v) is 11.5. The summed E-state index contributed by atoms with van der Waals surface area (Å²) in [5, 5.41) is 2.91. The Morgan fingerprint density at radius 1 is 1.24 bits per heavy atom. The van der Waals surface area contributed by atoms with Gasteiger partial charge in [-0.15, -0.1) is 0 Å². The maximum atomic E-state index is 13.3. The van der Waals surface area contributed by atoms with Crippen molar-refractivity contribution < 1.29 is 18.3 Å². The van der Waals surface area contributed by atoms with Crippen LogP contribution in [0.2, 0.25) is 5.02 Å². The van der Waals surface area contributed by atoms with Gasteiger partial charge in [0.05, 0.1) is 11.4 Å². The van der Waals surface area contributed by atoms with Crippen LogP contribution >= 0.6 is 11.6 Å². The number of ether oxygens (including phenoxy) is 1. The first-order valence-electron chi connectivity index (χ1n) is 5.88. The lowest BCUT2D eigenvalue weighted by Gasteiger charge is -2.10. The normalized spacial score (nSPS) is 10.2. The Morgan fingerprint density at radius 3 is 2.71 bits per heavy atom. The molecule has 21 heavy (non-hydrogen) atoms. The molecule has 0 heterocycles. The SMILES string of the molecule is Nc1cc(Cl)ccc1NC(=O)COc1cc(F)ccc1F. The highest BCUT2D eigenvalue weighted by atomic mass is 35.5. The second kappa shape index (κ2) is 6.41. The highest BCUT2D eigenvalue weighted by molar-refractivity contribution is 6.31. The summed E-state index contributed by atoms with van der Waals surface area (Å²) in [7, 11) is 0. The van der Waals surface area contributed by atoms with Crippen LogP contribution in [0.3, 0.4) is 0 Å². The first-order valence-corrected chi connectivity index (χ1v) is 6.26. The molecule has 0 aliphatic rings. The van der Waals surface area contributed by atoms with Crippen molar-refractivity contribution in [2.45, 2.75) is 0 Å². The molecule has 2 rings (SSSR count). The molecule has 0 aliphatic heterocycles. The van der Waals surface area contributed by atoms with Crippen LogP contribution in [0.4, 0.5) is 20.2 Å². The van der Waals surface area contributed by atoms with Crippen LogP contribution in [0.15, 0.2) is 36.4 Å². The standard InChI is InChI=1S/C14H11ClF2N2O2/c15-8-1-4-12(11(18)5-8)19-14(20)7-21-13-6-9(16)2-3-10(13)17/h1-6H,7,18H2,(H,19,20). The summed E-state index contributed by atoms with van der Waals surface area (Å²) in [6, 6.07) is 7.29. The van der Waals surface area contributed by atoms with Crippen molar-refractivity contribution in [3.63, 3.8) is 0 Å². The number of halogens is 3. The minimum atomic E-state index is -0.754. The molecule has 1 amide bonds. The van der Waals surface area contributed by atoms with Crippen LogP contribution in [0.5, 0.6) is 5.75 Å². The molecular weight excluding hydrogens is 302 g/mol. The lowest BCUT2D eigenvalue weighted by Crippen LogP contribution is -2.21. The first-order chi connectivity index (χ1) is 9.95. The van der Waals surface area contributed by atoms with Gasteiger partial charge in [-0.05, 0) is 30.3 Å². The second-order valence-corrected chi connectivity index (χ2v) is 4.58. The predicted molar refractivity (Wildman–Crippen MR) is 76.3 cm³/mol. The number of nitrogens with two attached hydrogens (primary N) is 1. The van der Waals surface area contributed by atoms with Crippen LogP contribution in [-0.2, 0) is 4.79 Å². The van der Waals surface area contributed by atoms with Crippen molar-refractivity contribution in [2.24, 2.45) is 0 Å². The molecule has 3 N–H and O–H groups in total. The maximum absolute atomic E-state index is 13.3. The fraction of sp³-hybridized carbons (Fsp3) is 0.0714. The van der Waals surface area contributed by atoms with Crippen molar-refractivity contribution >= 4 is 28.9 Å². The second-order valence-electron chi connectivity index (χ2n) is 4.14. The van der Waals surface area contributed by atoms with Gasteiger partial charge in [-0.3, -0.25) is 4.79 Å². The lowest BCUT2D eigenvalue weighted by atomic mass is 10.2. The summed E-state index contributed by atoms with van der Waals surface area (Å²) < 4.78 is 31.2. The summed E-state index contributed by atoms with van der Waals surface area (Å²) >= 11 is 5.73. The number of nitrogens with one attached hydrogen (secondary N) is 1. The third-order valence-corrected chi connectivity index (χ3v) is 2.77. The van der Waals surface area contributed by atoms with Gasteiger partial charge in [0.25, 0.3) is 5.91 Å². The molecule has 0 aliphatic carbocycles. The van der Waals surface area contributed by atoms with Crippen molar-refractivity contribution in [1.29, 1.82) is 0 Å². The van der Waals surface area contributed by atoms with E-state index in [1.807, 2.05) is 0 Å². The molecule has 4 nitrogen and oxygen atoms in total. The molecule has 7 heteroatoms. The van der Waals surface area contributed by atoms with E-state index in [1.54, 1.807) is 6.07 Å². The Balaban J connectivity index is 1.97. The number of nitrogen functional groups attached to an aromatic ring is 1. The predicted octanol–water partition coefficient (Wildman–Crippen LogP) is 3.22. The molecule has 0 fully saturated rings. The summed E-state index contributed by atoms with van der Waals surface area (Å²) in [5.41, 5.74) is 6.31. The third kappa shape index (κ3) is 4.06. The molecule has 2 aromatic carbocycles. The van der Waals surface area contributed by atoms with Crippen molar-refractivity contribution in [3.05, 3.63) is 53.1 Å². The van der Waals surface area contributed by atoms with Gasteiger partial charge in [0.1, 0.15) is 5.82 Å². The topological polar surface area (TPSA) is 64.3 Å². The average Bonchev–Trinajstić information content (AvgIpc) is 2.43. The van der Waals surface area contributed by atoms with Gasteiger partial charge in [-0.1, -0.05) is 11.6 Å². The lowest BCUT2D eigenvalue weighted by molar-refractivity contribution is -0.118. The van der Waals surface area contributed by atoms with E-state index in [1.165, 1.54) is 12.1 Å². The Kier molecular flexibility index (Phi) is 4.59. The molecular formula is C14H11ClF2N2O2. The highest BCUT2D eigenvalue weighted by Gasteiger charge is 2.10. The summed E-state index contributed by atoms with van der Waals surface area (Å²) in [5.74, 6) is -2.31. The van der Waals surface area contributed by atoms with E-state index in [9.17, 15) is 13.6 Å². The van der Waals surface area contributed by atoms with Crippen molar-refractivity contribution in [2.75, 3.05) is 17.7 Å². The highest BCUT2D eigenvalue weighted by Crippen LogP contribution is 2.23. The molecule has 0 atom stereocenters. The number of amides is 1. The fourth-order valence-electron chi connectivity index (χ4n) is 1.56. The molecule has 0 saturated heterocycles. The summed E-state index contributed by atoms with van der Waals surface area (Å²) in [6.07, 6.45) is 0. The van der Waals surface area contributed by atoms with Crippen LogP contribution in [0.1, 0.15) is 0 Å². The van der Waals surface area contributed by atoms with Crippen LogP contribution < -0.4 is 15.8 Å². The average molecular weight is 313 g/mol. The number of anilines is 2. The van der Waals surface area contributed by atoms with Gasteiger partial charge in [0.2, 0.25) is 0 Å². The van der Waals surface area contributed by atoms with Crippen LogP contribution in [0, 0.1) is 11.6 Å². The number of hydrogen-bond acceptors (Lipinski definition) is 3. The number of rotatable bonds is 4. The van der Waals surface area contributed by atoms with E-state index >= 15 is 0 Å². The maximum Gasteiger partial charge on any atom is 0.262 e.